The number of pyridine rings is 1. The van der Waals surface area contributed by atoms with E-state index in [1.165, 1.54) is 5.56 Å². The average molecular weight is 333 g/mol. The predicted molar refractivity (Wildman–Crippen MR) is 83.6 cm³/mol. The van der Waals surface area contributed by atoms with Gasteiger partial charge in [0.15, 0.2) is 0 Å². The van der Waals surface area contributed by atoms with Crippen LogP contribution in [-0.2, 0) is 6.42 Å². The Hall–Kier alpha value is -1.68. The highest BCUT2D eigenvalue weighted by Crippen LogP contribution is 2.12. The van der Waals surface area contributed by atoms with Gasteiger partial charge in [0.1, 0.15) is 0 Å². The SMILES string of the molecule is CC(CCc1ccc(Br)cc1)NC(=O)c1cccnc1. The van der Waals surface area contributed by atoms with Gasteiger partial charge in [-0.25, -0.2) is 0 Å². The van der Waals surface area contributed by atoms with Gasteiger partial charge in [-0.3, -0.25) is 9.78 Å². The van der Waals surface area contributed by atoms with Crippen LogP contribution in [0.1, 0.15) is 29.3 Å². The lowest BCUT2D eigenvalue weighted by molar-refractivity contribution is 0.0938. The Bertz CT molecular complexity index is 554. The first-order valence-electron chi connectivity index (χ1n) is 6.60. The summed E-state index contributed by atoms with van der Waals surface area (Å²) in [7, 11) is 0. The van der Waals surface area contributed by atoms with Gasteiger partial charge < -0.3 is 5.32 Å². The van der Waals surface area contributed by atoms with E-state index in [1.54, 1.807) is 24.5 Å². The highest BCUT2D eigenvalue weighted by molar-refractivity contribution is 9.10. The number of rotatable bonds is 5. The van der Waals surface area contributed by atoms with Crippen molar-refractivity contribution < 1.29 is 4.79 Å². The van der Waals surface area contributed by atoms with Gasteiger partial charge >= 0.3 is 0 Å². The van der Waals surface area contributed by atoms with Crippen molar-refractivity contribution in [2.75, 3.05) is 0 Å². The molecule has 0 saturated carbocycles. The number of hydrogen-bond acceptors (Lipinski definition) is 2. The van der Waals surface area contributed by atoms with Gasteiger partial charge in [-0.1, -0.05) is 28.1 Å². The molecule has 2 aromatic rings. The molecule has 0 spiro atoms. The van der Waals surface area contributed by atoms with Gasteiger partial charge in [0, 0.05) is 22.9 Å². The van der Waals surface area contributed by atoms with Crippen LogP contribution in [0.5, 0.6) is 0 Å². The Morgan fingerprint density at radius 3 is 2.70 bits per heavy atom. The van der Waals surface area contributed by atoms with Gasteiger partial charge in [-0.05, 0) is 49.6 Å². The smallest absolute Gasteiger partial charge is 0.253 e. The van der Waals surface area contributed by atoms with E-state index in [-0.39, 0.29) is 11.9 Å². The molecule has 2 rings (SSSR count). The minimum atomic E-state index is -0.0681. The Morgan fingerprint density at radius 1 is 1.30 bits per heavy atom. The van der Waals surface area contributed by atoms with E-state index in [4.69, 9.17) is 0 Å². The summed E-state index contributed by atoms with van der Waals surface area (Å²) in [6.45, 7) is 2.02. The van der Waals surface area contributed by atoms with Crippen LogP contribution in [0.15, 0.2) is 53.3 Å². The van der Waals surface area contributed by atoms with Gasteiger partial charge in [0.05, 0.1) is 5.56 Å². The number of carbonyl (C=O) groups excluding carboxylic acids is 1. The lowest BCUT2D eigenvalue weighted by atomic mass is 10.1. The molecule has 0 radical (unpaired) electrons. The van der Waals surface area contributed by atoms with E-state index < -0.39 is 0 Å². The third-order valence-electron chi connectivity index (χ3n) is 3.08. The van der Waals surface area contributed by atoms with Crippen molar-refractivity contribution in [1.29, 1.82) is 0 Å². The van der Waals surface area contributed by atoms with Crippen LogP contribution in [-0.4, -0.2) is 16.9 Å². The zero-order valence-corrected chi connectivity index (χ0v) is 12.9. The number of nitrogens with one attached hydrogen (secondary N) is 1. The molecule has 1 amide bonds. The van der Waals surface area contributed by atoms with Gasteiger partial charge in [0.25, 0.3) is 5.91 Å². The Labute approximate surface area is 127 Å². The molecule has 3 nitrogen and oxygen atoms in total. The van der Waals surface area contributed by atoms with Crippen LogP contribution >= 0.6 is 15.9 Å². The summed E-state index contributed by atoms with van der Waals surface area (Å²) in [6.07, 6.45) is 5.10. The van der Waals surface area contributed by atoms with Crippen molar-refractivity contribution in [2.45, 2.75) is 25.8 Å². The first-order chi connectivity index (χ1) is 9.65. The summed E-state index contributed by atoms with van der Waals surface area (Å²) in [5.74, 6) is -0.0681. The number of benzene rings is 1. The van der Waals surface area contributed by atoms with E-state index >= 15 is 0 Å². The average Bonchev–Trinajstić information content (AvgIpc) is 2.47. The van der Waals surface area contributed by atoms with Crippen molar-refractivity contribution >= 4 is 21.8 Å². The minimum absolute atomic E-state index is 0.0681. The van der Waals surface area contributed by atoms with Crippen LogP contribution in [0.2, 0.25) is 0 Å². The van der Waals surface area contributed by atoms with E-state index in [0.717, 1.165) is 17.3 Å². The molecule has 4 heteroatoms. The maximum atomic E-state index is 12.0. The molecule has 0 bridgehead atoms. The maximum Gasteiger partial charge on any atom is 0.253 e. The van der Waals surface area contributed by atoms with Crippen LogP contribution in [0.25, 0.3) is 0 Å². The fourth-order valence-electron chi connectivity index (χ4n) is 1.91. The molecule has 0 aliphatic carbocycles. The van der Waals surface area contributed by atoms with Crippen molar-refractivity contribution in [1.82, 2.24) is 10.3 Å². The highest BCUT2D eigenvalue weighted by atomic mass is 79.9. The normalized spacial score (nSPS) is 11.9. The molecule has 1 atom stereocenters. The molecule has 1 aromatic heterocycles. The standard InChI is InChI=1S/C16H17BrN2O/c1-12(4-5-13-6-8-15(17)9-7-13)19-16(20)14-3-2-10-18-11-14/h2-3,6-12H,4-5H2,1H3,(H,19,20). The molecule has 1 unspecified atom stereocenters. The van der Waals surface area contributed by atoms with Crippen LogP contribution < -0.4 is 5.32 Å². The summed E-state index contributed by atoms with van der Waals surface area (Å²) < 4.78 is 1.08. The molecule has 0 aliphatic heterocycles. The lowest BCUT2D eigenvalue weighted by Crippen LogP contribution is -2.32. The van der Waals surface area contributed by atoms with Crippen molar-refractivity contribution in [3.63, 3.8) is 0 Å². The first-order valence-corrected chi connectivity index (χ1v) is 7.40. The molecular formula is C16H17BrN2O. The van der Waals surface area contributed by atoms with Crippen LogP contribution in [0.3, 0.4) is 0 Å². The number of carbonyl (C=O) groups is 1. The molecule has 0 aliphatic rings. The van der Waals surface area contributed by atoms with E-state index in [9.17, 15) is 4.79 Å². The fourth-order valence-corrected chi connectivity index (χ4v) is 2.17. The van der Waals surface area contributed by atoms with Crippen molar-refractivity contribution in [2.24, 2.45) is 0 Å². The third kappa shape index (κ3) is 4.46. The second-order valence-corrected chi connectivity index (χ2v) is 5.70. The quantitative estimate of drug-likeness (QED) is 0.908. The number of aryl methyl sites for hydroxylation is 1. The number of nitrogens with zero attached hydrogens (tertiary/aromatic N) is 1. The summed E-state index contributed by atoms with van der Waals surface area (Å²) in [6, 6.07) is 11.9. The summed E-state index contributed by atoms with van der Waals surface area (Å²) in [5, 5.41) is 2.99. The number of aromatic nitrogens is 1. The molecule has 1 heterocycles. The fraction of sp³-hybridized carbons (Fsp3) is 0.250. The Kier molecular flexibility index (Phi) is 5.30. The van der Waals surface area contributed by atoms with E-state index in [0.29, 0.717) is 5.56 Å². The Morgan fingerprint density at radius 2 is 2.05 bits per heavy atom. The second kappa shape index (κ2) is 7.20. The molecule has 104 valence electrons. The van der Waals surface area contributed by atoms with Gasteiger partial charge in [-0.15, -0.1) is 0 Å². The topological polar surface area (TPSA) is 42.0 Å². The largest absolute Gasteiger partial charge is 0.350 e. The zero-order valence-electron chi connectivity index (χ0n) is 11.3. The third-order valence-corrected chi connectivity index (χ3v) is 3.61. The lowest BCUT2D eigenvalue weighted by Gasteiger charge is -2.13. The minimum Gasteiger partial charge on any atom is -0.350 e. The van der Waals surface area contributed by atoms with Crippen molar-refractivity contribution in [3.05, 3.63) is 64.4 Å². The predicted octanol–water partition coefficient (Wildman–Crippen LogP) is 3.60. The van der Waals surface area contributed by atoms with E-state index in [2.05, 4.69) is 38.4 Å². The molecule has 0 fully saturated rings. The summed E-state index contributed by atoms with van der Waals surface area (Å²) in [4.78, 5) is 15.9. The molecule has 0 saturated heterocycles. The number of halogens is 1. The van der Waals surface area contributed by atoms with Crippen molar-refractivity contribution in [3.8, 4) is 0 Å². The molecule has 1 N–H and O–H groups in total. The zero-order chi connectivity index (χ0) is 14.4. The molecule has 1 aromatic carbocycles. The monoisotopic (exact) mass is 332 g/mol. The van der Waals surface area contributed by atoms with Crippen LogP contribution in [0, 0.1) is 0 Å². The maximum absolute atomic E-state index is 12.0. The van der Waals surface area contributed by atoms with Crippen LogP contribution in [0.4, 0.5) is 0 Å². The number of amides is 1. The summed E-state index contributed by atoms with van der Waals surface area (Å²) in [5.41, 5.74) is 1.87. The summed E-state index contributed by atoms with van der Waals surface area (Å²) >= 11 is 3.42. The Balaban J connectivity index is 1.82. The highest BCUT2D eigenvalue weighted by Gasteiger charge is 2.09. The number of hydrogen-bond donors (Lipinski definition) is 1. The van der Waals surface area contributed by atoms with Gasteiger partial charge in [-0.2, -0.15) is 0 Å². The second-order valence-electron chi connectivity index (χ2n) is 4.78. The van der Waals surface area contributed by atoms with Gasteiger partial charge in [0.2, 0.25) is 0 Å². The first kappa shape index (κ1) is 14.7. The van der Waals surface area contributed by atoms with E-state index in [1.807, 2.05) is 19.1 Å². The molecule has 20 heavy (non-hydrogen) atoms. The molecular weight excluding hydrogens is 316 g/mol.